The summed E-state index contributed by atoms with van der Waals surface area (Å²) in [6, 6.07) is 0. The summed E-state index contributed by atoms with van der Waals surface area (Å²) in [4.78, 5) is 14.7. The highest BCUT2D eigenvalue weighted by atomic mass is 32.1. The number of anilines is 1. The highest BCUT2D eigenvalue weighted by molar-refractivity contribution is 7.26. The summed E-state index contributed by atoms with van der Waals surface area (Å²) in [5.74, 6) is 0. The molecule has 9 heteroatoms. The lowest BCUT2D eigenvalue weighted by molar-refractivity contribution is 0.0636. The van der Waals surface area contributed by atoms with E-state index in [1.54, 1.807) is 20.8 Å². The molecule has 0 aliphatic heterocycles. The Balaban J connectivity index is 2.65. The van der Waals surface area contributed by atoms with Gasteiger partial charge in [0.15, 0.2) is 5.13 Å². The monoisotopic (exact) mass is 267 g/mol. The summed E-state index contributed by atoms with van der Waals surface area (Å²) < 4.78 is 41.0. The van der Waals surface area contributed by atoms with Crippen LogP contribution >= 0.6 is 11.3 Å². The maximum Gasteiger partial charge on any atom is 0.521 e. The number of amides is 1. The van der Waals surface area contributed by atoms with Crippen molar-refractivity contribution >= 4 is 34.3 Å². The SMILES string of the molecule is CC(C)(C)OC(=O)Nc1ncc([B-](F)(F)F)s1. The Morgan fingerprint density at radius 1 is 1.47 bits per heavy atom. The first-order valence-electron chi connectivity index (χ1n) is 4.73. The molecule has 1 aromatic heterocycles. The van der Waals surface area contributed by atoms with Gasteiger partial charge in [0.05, 0.1) is 0 Å². The fraction of sp³-hybridized carbons (Fsp3) is 0.500. The number of hydrogen-bond acceptors (Lipinski definition) is 4. The number of carbonyl (C=O) groups excluding carboxylic acids is 1. The van der Waals surface area contributed by atoms with Gasteiger partial charge in [-0.15, -0.1) is 11.3 Å². The van der Waals surface area contributed by atoms with Gasteiger partial charge in [0.25, 0.3) is 0 Å². The molecule has 1 amide bonds. The second kappa shape index (κ2) is 4.56. The average Bonchev–Trinajstić information content (AvgIpc) is 2.47. The van der Waals surface area contributed by atoms with Crippen LogP contribution in [-0.2, 0) is 4.74 Å². The van der Waals surface area contributed by atoms with E-state index in [-0.39, 0.29) is 5.13 Å². The zero-order valence-electron chi connectivity index (χ0n) is 9.46. The molecule has 96 valence electrons. The van der Waals surface area contributed by atoms with E-state index < -0.39 is 23.4 Å². The van der Waals surface area contributed by atoms with Gasteiger partial charge in [0.1, 0.15) is 5.60 Å². The van der Waals surface area contributed by atoms with Gasteiger partial charge in [-0.3, -0.25) is 5.32 Å². The van der Waals surface area contributed by atoms with E-state index in [4.69, 9.17) is 4.74 Å². The van der Waals surface area contributed by atoms with Gasteiger partial charge in [-0.25, -0.2) is 9.78 Å². The molecule has 1 aromatic rings. The lowest BCUT2D eigenvalue weighted by atomic mass is 9.91. The van der Waals surface area contributed by atoms with Gasteiger partial charge in [-0.1, -0.05) is 0 Å². The number of halogens is 3. The molecule has 0 spiro atoms. The molecule has 0 aliphatic carbocycles. The second-order valence-electron chi connectivity index (χ2n) is 4.27. The van der Waals surface area contributed by atoms with Gasteiger partial charge < -0.3 is 17.7 Å². The van der Waals surface area contributed by atoms with E-state index in [1.165, 1.54) is 0 Å². The maximum atomic E-state index is 12.3. The van der Waals surface area contributed by atoms with Crippen molar-refractivity contribution in [3.63, 3.8) is 0 Å². The molecule has 17 heavy (non-hydrogen) atoms. The van der Waals surface area contributed by atoms with Crippen LogP contribution in [0.1, 0.15) is 20.8 Å². The van der Waals surface area contributed by atoms with Gasteiger partial charge in [-0.05, 0) is 25.5 Å². The Morgan fingerprint density at radius 3 is 2.47 bits per heavy atom. The lowest BCUT2D eigenvalue weighted by Crippen LogP contribution is -2.31. The van der Waals surface area contributed by atoms with Crippen molar-refractivity contribution in [3.05, 3.63) is 6.20 Å². The first kappa shape index (κ1) is 13.8. The maximum absolute atomic E-state index is 12.3. The van der Waals surface area contributed by atoms with E-state index in [0.29, 0.717) is 17.5 Å². The third kappa shape index (κ3) is 4.64. The van der Waals surface area contributed by atoms with Crippen LogP contribution in [0.15, 0.2) is 6.20 Å². The molecule has 0 aliphatic rings. The summed E-state index contributed by atoms with van der Waals surface area (Å²) in [5, 5.41) is 2.02. The molecule has 4 nitrogen and oxygen atoms in total. The highest BCUT2D eigenvalue weighted by Crippen LogP contribution is 2.18. The number of hydrogen-bond donors (Lipinski definition) is 1. The number of thiazole rings is 1. The predicted octanol–water partition coefficient (Wildman–Crippen LogP) is 2.54. The Morgan fingerprint density at radius 2 is 2.06 bits per heavy atom. The standard InChI is InChI=1S/C8H11BF3N2O2S/c1-8(2,3)16-7(15)14-6-13-4-5(17-6)9(10,11)12/h4H,1-3H3,(H,13,14,15)/q-1. The van der Waals surface area contributed by atoms with E-state index in [1.807, 2.05) is 0 Å². The smallest absolute Gasteiger partial charge is 0.444 e. The average molecular weight is 267 g/mol. The predicted molar refractivity (Wildman–Crippen MR) is 60.7 cm³/mol. The van der Waals surface area contributed by atoms with Crippen molar-refractivity contribution in [2.24, 2.45) is 0 Å². The number of nitrogens with zero attached hydrogens (tertiary/aromatic N) is 1. The summed E-state index contributed by atoms with van der Waals surface area (Å²) in [5.41, 5.74) is -0.710. The van der Waals surface area contributed by atoms with Gasteiger partial charge in [-0.2, -0.15) is 0 Å². The molecule has 1 heterocycles. The molecule has 0 saturated carbocycles. The van der Waals surface area contributed by atoms with Crippen molar-refractivity contribution in [1.29, 1.82) is 0 Å². The largest absolute Gasteiger partial charge is 0.521 e. The summed E-state index contributed by atoms with van der Waals surface area (Å²) in [7, 11) is 0. The molecule has 1 N–H and O–H groups in total. The normalized spacial score (nSPS) is 12.4. The van der Waals surface area contributed by atoms with Crippen LogP contribution in [0, 0.1) is 0 Å². The van der Waals surface area contributed by atoms with Crippen molar-refractivity contribution in [2.75, 3.05) is 5.32 Å². The van der Waals surface area contributed by atoms with Crippen LogP contribution in [0.3, 0.4) is 0 Å². The van der Waals surface area contributed by atoms with E-state index in [2.05, 4.69) is 10.3 Å². The van der Waals surface area contributed by atoms with Crippen LogP contribution in [0.5, 0.6) is 0 Å². The third-order valence-corrected chi connectivity index (χ3v) is 2.46. The molecular formula is C8H11BF3N2O2S-. The van der Waals surface area contributed by atoms with E-state index >= 15 is 0 Å². The van der Waals surface area contributed by atoms with Crippen LogP contribution in [0.25, 0.3) is 0 Å². The molecule has 0 saturated heterocycles. The van der Waals surface area contributed by atoms with Crippen LogP contribution in [-0.4, -0.2) is 23.7 Å². The quantitative estimate of drug-likeness (QED) is 0.838. The minimum absolute atomic E-state index is 0.131. The van der Waals surface area contributed by atoms with Gasteiger partial charge in [0, 0.05) is 6.20 Å². The third-order valence-electron chi connectivity index (χ3n) is 1.45. The Hall–Kier alpha value is -1.25. The summed E-state index contributed by atoms with van der Waals surface area (Å²) >= 11 is 0.374. The summed E-state index contributed by atoms with van der Waals surface area (Å²) in [6.45, 7) is -0.126. The van der Waals surface area contributed by atoms with E-state index in [0.717, 1.165) is 0 Å². The molecular weight excluding hydrogens is 256 g/mol. The first-order valence-corrected chi connectivity index (χ1v) is 5.55. The zero-order chi connectivity index (χ0) is 13.3. The van der Waals surface area contributed by atoms with Crippen molar-refractivity contribution in [2.45, 2.75) is 26.4 Å². The second-order valence-corrected chi connectivity index (χ2v) is 5.33. The minimum Gasteiger partial charge on any atom is -0.444 e. The van der Waals surface area contributed by atoms with Crippen LogP contribution < -0.4 is 10.1 Å². The topological polar surface area (TPSA) is 51.2 Å². The van der Waals surface area contributed by atoms with Crippen molar-refractivity contribution < 1.29 is 22.5 Å². The fourth-order valence-corrected chi connectivity index (χ4v) is 1.59. The Bertz CT molecular complexity index is 414. The highest BCUT2D eigenvalue weighted by Gasteiger charge is 2.28. The number of aromatic nitrogens is 1. The van der Waals surface area contributed by atoms with E-state index in [9.17, 15) is 17.7 Å². The van der Waals surface area contributed by atoms with Crippen molar-refractivity contribution in [3.8, 4) is 0 Å². The Kier molecular flexibility index (Phi) is 3.70. The number of ether oxygens (including phenoxy) is 1. The van der Waals surface area contributed by atoms with Crippen LogP contribution in [0.2, 0.25) is 0 Å². The fourth-order valence-electron chi connectivity index (χ4n) is 0.887. The molecule has 0 radical (unpaired) electrons. The molecule has 0 unspecified atom stereocenters. The molecule has 0 fully saturated rings. The summed E-state index contributed by atoms with van der Waals surface area (Å²) in [6.07, 6.45) is -0.134. The minimum atomic E-state index is -5.08. The molecule has 1 rings (SSSR count). The number of carbonyl (C=O) groups is 1. The first-order chi connectivity index (χ1) is 7.58. The Labute approximate surface area is 100 Å². The van der Waals surface area contributed by atoms with Crippen molar-refractivity contribution in [1.82, 2.24) is 4.98 Å². The van der Waals surface area contributed by atoms with Crippen LogP contribution in [0.4, 0.5) is 22.9 Å². The zero-order valence-corrected chi connectivity index (χ0v) is 10.3. The lowest BCUT2D eigenvalue weighted by Gasteiger charge is -2.19. The molecule has 0 atom stereocenters. The molecule has 0 aromatic carbocycles. The molecule has 0 bridgehead atoms. The van der Waals surface area contributed by atoms with Gasteiger partial charge in [0.2, 0.25) is 0 Å². The number of rotatable bonds is 2. The number of nitrogens with one attached hydrogen (secondary N) is 1. The van der Waals surface area contributed by atoms with Gasteiger partial charge >= 0.3 is 13.1 Å².